The molecular weight excluding hydrogens is 304 g/mol. The lowest BCUT2D eigenvalue weighted by molar-refractivity contribution is 0.102. The Morgan fingerprint density at radius 1 is 1.36 bits per heavy atom. The van der Waals surface area contributed by atoms with Crippen molar-refractivity contribution in [2.75, 3.05) is 12.4 Å². The summed E-state index contributed by atoms with van der Waals surface area (Å²) in [4.78, 5) is 24.1. The predicted molar refractivity (Wildman–Crippen MR) is 83.6 cm³/mol. The minimum atomic E-state index is -0.382. The van der Waals surface area contributed by atoms with Gasteiger partial charge in [0.1, 0.15) is 16.8 Å². The molecule has 1 aromatic carbocycles. The number of amides is 1. The molecular formula is C14H12N4O3S. The van der Waals surface area contributed by atoms with Crippen LogP contribution in [-0.4, -0.2) is 26.3 Å². The molecule has 3 aromatic rings. The number of benzene rings is 1. The van der Waals surface area contributed by atoms with Crippen molar-refractivity contribution in [1.29, 1.82) is 0 Å². The standard InChI is InChI=1S/C14H12N4O3S/c1-18-7-8(11(21-2)6-12(18)19)14(20)15-9-4-3-5-10-13(9)17-22-16-10/h3-7H,1-2H3,(H,15,20). The van der Waals surface area contributed by atoms with Gasteiger partial charge in [0.25, 0.3) is 11.5 Å². The van der Waals surface area contributed by atoms with Crippen molar-refractivity contribution in [2.24, 2.45) is 7.05 Å². The number of carbonyl (C=O) groups excluding carboxylic acids is 1. The third-order valence-corrected chi connectivity index (χ3v) is 3.73. The Morgan fingerprint density at radius 3 is 2.95 bits per heavy atom. The van der Waals surface area contributed by atoms with Gasteiger partial charge in [-0.2, -0.15) is 8.75 Å². The molecule has 0 fully saturated rings. The van der Waals surface area contributed by atoms with E-state index in [1.165, 1.54) is 23.9 Å². The molecule has 0 bridgehead atoms. The van der Waals surface area contributed by atoms with E-state index in [2.05, 4.69) is 14.1 Å². The van der Waals surface area contributed by atoms with Crippen molar-refractivity contribution in [2.45, 2.75) is 0 Å². The van der Waals surface area contributed by atoms with Crippen molar-refractivity contribution in [1.82, 2.24) is 13.3 Å². The van der Waals surface area contributed by atoms with Gasteiger partial charge in [-0.3, -0.25) is 9.59 Å². The maximum Gasteiger partial charge on any atom is 0.260 e. The van der Waals surface area contributed by atoms with Gasteiger partial charge in [0, 0.05) is 19.3 Å². The molecule has 0 saturated heterocycles. The van der Waals surface area contributed by atoms with Gasteiger partial charge < -0.3 is 14.6 Å². The number of aromatic nitrogens is 3. The number of nitrogens with one attached hydrogen (secondary N) is 1. The van der Waals surface area contributed by atoms with Crippen LogP contribution in [0.2, 0.25) is 0 Å². The summed E-state index contributed by atoms with van der Waals surface area (Å²) < 4.78 is 14.7. The average molecular weight is 316 g/mol. The lowest BCUT2D eigenvalue weighted by Crippen LogP contribution is -2.21. The second kappa shape index (κ2) is 5.57. The lowest BCUT2D eigenvalue weighted by atomic mass is 10.2. The van der Waals surface area contributed by atoms with Gasteiger partial charge in [-0.15, -0.1) is 0 Å². The van der Waals surface area contributed by atoms with Gasteiger partial charge >= 0.3 is 0 Å². The molecule has 8 heteroatoms. The number of rotatable bonds is 3. The fourth-order valence-electron chi connectivity index (χ4n) is 2.05. The number of methoxy groups -OCH3 is 1. The Bertz CT molecular complexity index is 916. The quantitative estimate of drug-likeness (QED) is 0.794. The zero-order valence-electron chi connectivity index (χ0n) is 11.9. The molecule has 0 atom stereocenters. The molecule has 0 radical (unpaired) electrons. The van der Waals surface area contributed by atoms with E-state index in [0.717, 1.165) is 17.2 Å². The largest absolute Gasteiger partial charge is 0.496 e. The van der Waals surface area contributed by atoms with Crippen LogP contribution in [0.4, 0.5) is 5.69 Å². The summed E-state index contributed by atoms with van der Waals surface area (Å²) in [5.74, 6) is -0.155. The molecule has 2 heterocycles. The third kappa shape index (κ3) is 2.44. The second-order valence-corrected chi connectivity index (χ2v) is 5.12. The molecule has 112 valence electrons. The summed E-state index contributed by atoms with van der Waals surface area (Å²) >= 11 is 1.08. The summed E-state index contributed by atoms with van der Waals surface area (Å²) in [5.41, 5.74) is 1.93. The Labute approximate surface area is 129 Å². The molecule has 0 saturated carbocycles. The molecule has 1 amide bonds. The van der Waals surface area contributed by atoms with Crippen LogP contribution in [0.5, 0.6) is 5.75 Å². The average Bonchev–Trinajstić information content (AvgIpc) is 2.99. The summed E-state index contributed by atoms with van der Waals surface area (Å²) in [6.07, 6.45) is 1.44. The van der Waals surface area contributed by atoms with Gasteiger partial charge in [-0.1, -0.05) is 6.07 Å². The van der Waals surface area contributed by atoms with E-state index >= 15 is 0 Å². The van der Waals surface area contributed by atoms with E-state index in [9.17, 15) is 9.59 Å². The molecule has 2 aromatic heterocycles. The maximum atomic E-state index is 12.5. The van der Waals surface area contributed by atoms with Crippen LogP contribution in [0.15, 0.2) is 35.3 Å². The smallest absolute Gasteiger partial charge is 0.260 e. The lowest BCUT2D eigenvalue weighted by Gasteiger charge is -2.10. The summed E-state index contributed by atoms with van der Waals surface area (Å²) in [6, 6.07) is 6.63. The fourth-order valence-corrected chi connectivity index (χ4v) is 2.60. The molecule has 0 unspecified atom stereocenters. The van der Waals surface area contributed by atoms with Crippen molar-refractivity contribution < 1.29 is 9.53 Å². The van der Waals surface area contributed by atoms with Gasteiger partial charge in [0.15, 0.2) is 0 Å². The zero-order valence-corrected chi connectivity index (χ0v) is 12.7. The molecule has 0 aliphatic heterocycles. The molecule has 22 heavy (non-hydrogen) atoms. The summed E-state index contributed by atoms with van der Waals surface area (Å²) in [7, 11) is 2.99. The Kier molecular flexibility index (Phi) is 3.60. The molecule has 0 spiro atoms. The number of fused-ring (bicyclic) bond motifs is 1. The van der Waals surface area contributed by atoms with E-state index in [1.807, 2.05) is 6.07 Å². The number of pyridine rings is 1. The summed E-state index contributed by atoms with van der Waals surface area (Å²) in [6.45, 7) is 0. The highest BCUT2D eigenvalue weighted by atomic mass is 32.1. The van der Waals surface area contributed by atoms with Crippen LogP contribution in [0.25, 0.3) is 11.0 Å². The van der Waals surface area contributed by atoms with Gasteiger partial charge in [-0.05, 0) is 12.1 Å². The zero-order chi connectivity index (χ0) is 15.7. The van der Waals surface area contributed by atoms with Crippen LogP contribution in [0.1, 0.15) is 10.4 Å². The van der Waals surface area contributed by atoms with Crippen LogP contribution in [0, 0.1) is 0 Å². The van der Waals surface area contributed by atoms with E-state index < -0.39 is 0 Å². The molecule has 0 aliphatic carbocycles. The van der Waals surface area contributed by atoms with Crippen LogP contribution >= 0.6 is 11.7 Å². The monoisotopic (exact) mass is 316 g/mol. The first kappa shape index (κ1) is 14.2. The van der Waals surface area contributed by atoms with Crippen LogP contribution in [-0.2, 0) is 7.05 Å². The van der Waals surface area contributed by atoms with E-state index in [0.29, 0.717) is 11.2 Å². The van der Waals surface area contributed by atoms with Gasteiger partial charge in [0.2, 0.25) is 0 Å². The number of ether oxygens (including phenoxy) is 1. The first-order chi connectivity index (χ1) is 10.6. The normalized spacial score (nSPS) is 10.6. The minimum Gasteiger partial charge on any atom is -0.496 e. The fraction of sp³-hybridized carbons (Fsp3) is 0.143. The highest BCUT2D eigenvalue weighted by molar-refractivity contribution is 7.00. The molecule has 3 rings (SSSR count). The van der Waals surface area contributed by atoms with Crippen molar-refractivity contribution in [3.05, 3.63) is 46.4 Å². The first-order valence-electron chi connectivity index (χ1n) is 6.37. The highest BCUT2D eigenvalue weighted by Crippen LogP contribution is 2.23. The SMILES string of the molecule is COc1cc(=O)n(C)cc1C(=O)Nc1cccc2nsnc12. The Balaban J connectivity index is 2.00. The number of hydrogen-bond acceptors (Lipinski definition) is 6. The molecule has 1 N–H and O–H groups in total. The third-order valence-electron chi connectivity index (χ3n) is 3.19. The highest BCUT2D eigenvalue weighted by Gasteiger charge is 2.16. The van der Waals surface area contributed by atoms with E-state index in [1.54, 1.807) is 19.2 Å². The number of aryl methyl sites for hydroxylation is 1. The molecule has 7 nitrogen and oxygen atoms in total. The van der Waals surface area contributed by atoms with E-state index in [4.69, 9.17) is 4.74 Å². The van der Waals surface area contributed by atoms with Crippen molar-refractivity contribution >= 4 is 34.4 Å². The number of nitrogens with zero attached hydrogens (tertiary/aromatic N) is 3. The predicted octanol–water partition coefficient (Wildman–Crippen LogP) is 1.65. The second-order valence-electron chi connectivity index (χ2n) is 4.60. The minimum absolute atomic E-state index is 0.226. The van der Waals surface area contributed by atoms with Crippen molar-refractivity contribution in [3.63, 3.8) is 0 Å². The maximum absolute atomic E-state index is 12.5. The van der Waals surface area contributed by atoms with Crippen molar-refractivity contribution in [3.8, 4) is 5.75 Å². The molecule has 0 aliphatic rings. The van der Waals surface area contributed by atoms with Crippen LogP contribution in [0.3, 0.4) is 0 Å². The number of carbonyl (C=O) groups is 1. The van der Waals surface area contributed by atoms with Crippen LogP contribution < -0.4 is 15.6 Å². The van der Waals surface area contributed by atoms with E-state index in [-0.39, 0.29) is 22.8 Å². The summed E-state index contributed by atoms with van der Waals surface area (Å²) in [5, 5.41) is 2.78. The Hall–Kier alpha value is -2.74. The Morgan fingerprint density at radius 2 is 2.18 bits per heavy atom. The first-order valence-corrected chi connectivity index (χ1v) is 7.10. The number of hydrogen-bond donors (Lipinski definition) is 1. The number of anilines is 1. The van der Waals surface area contributed by atoms with Gasteiger partial charge in [0.05, 0.1) is 30.1 Å². The topological polar surface area (TPSA) is 86.1 Å². The van der Waals surface area contributed by atoms with Gasteiger partial charge in [-0.25, -0.2) is 0 Å².